The Morgan fingerprint density at radius 1 is 0.967 bits per heavy atom. The summed E-state index contributed by atoms with van der Waals surface area (Å²) in [6.45, 7) is 13.5. The largest absolute Gasteiger partial charge is 0.498 e. The SMILES string of the molecule is CC(C)(C)OC(=O)Nc1cccc(Oc2ccccc2B2OC(C)(C)C(C)(C)O2)c1. The van der Waals surface area contributed by atoms with Gasteiger partial charge in [0.25, 0.3) is 0 Å². The summed E-state index contributed by atoms with van der Waals surface area (Å²) in [6, 6.07) is 14.8. The number of rotatable bonds is 4. The van der Waals surface area contributed by atoms with Gasteiger partial charge in [0.15, 0.2) is 0 Å². The van der Waals surface area contributed by atoms with Crippen molar-refractivity contribution in [1.82, 2.24) is 0 Å². The average Bonchev–Trinajstić information content (AvgIpc) is 2.81. The maximum Gasteiger partial charge on any atom is 0.498 e. The van der Waals surface area contributed by atoms with Crippen LogP contribution >= 0.6 is 0 Å². The normalized spacial score (nSPS) is 17.5. The van der Waals surface area contributed by atoms with E-state index in [0.717, 1.165) is 5.46 Å². The molecule has 3 rings (SSSR count). The molecule has 1 saturated heterocycles. The summed E-state index contributed by atoms with van der Waals surface area (Å²) in [5.41, 5.74) is -0.0687. The molecule has 1 fully saturated rings. The number of nitrogens with one attached hydrogen (secondary N) is 1. The second kappa shape index (κ2) is 7.97. The van der Waals surface area contributed by atoms with Gasteiger partial charge in [-0.25, -0.2) is 4.79 Å². The number of carbonyl (C=O) groups excluding carboxylic acids is 1. The molecule has 30 heavy (non-hydrogen) atoms. The molecule has 1 heterocycles. The summed E-state index contributed by atoms with van der Waals surface area (Å²) in [6.07, 6.45) is -0.516. The number of amides is 1. The molecule has 1 aliphatic heterocycles. The molecule has 2 aromatic rings. The van der Waals surface area contributed by atoms with Gasteiger partial charge in [-0.1, -0.05) is 24.3 Å². The fourth-order valence-electron chi connectivity index (χ4n) is 2.92. The Morgan fingerprint density at radius 3 is 2.23 bits per heavy atom. The van der Waals surface area contributed by atoms with Crippen molar-refractivity contribution in [3.63, 3.8) is 0 Å². The molecule has 0 spiro atoms. The monoisotopic (exact) mass is 411 g/mol. The van der Waals surface area contributed by atoms with E-state index in [1.807, 2.05) is 78.8 Å². The van der Waals surface area contributed by atoms with Crippen LogP contribution in [0, 0.1) is 0 Å². The van der Waals surface area contributed by atoms with Crippen LogP contribution in [0.3, 0.4) is 0 Å². The van der Waals surface area contributed by atoms with Crippen LogP contribution in [0.15, 0.2) is 48.5 Å². The quantitative estimate of drug-likeness (QED) is 0.707. The minimum atomic E-state index is -0.569. The highest BCUT2D eigenvalue weighted by atomic mass is 16.7. The molecule has 0 unspecified atom stereocenters. The molecule has 1 aliphatic rings. The van der Waals surface area contributed by atoms with Gasteiger partial charge >= 0.3 is 13.2 Å². The Kier molecular flexibility index (Phi) is 5.89. The minimum absolute atomic E-state index is 0.442. The highest BCUT2D eigenvalue weighted by Gasteiger charge is 2.52. The second-order valence-electron chi connectivity index (χ2n) is 9.38. The maximum atomic E-state index is 12.0. The molecule has 1 amide bonds. The average molecular weight is 411 g/mol. The standard InChI is InChI=1S/C23H30BNO5/c1-21(2,3)28-20(26)25-16-11-10-12-17(15-16)27-19-14-9-8-13-18(19)24-29-22(4,5)23(6,7)30-24/h8-15H,1-7H3,(H,25,26). The molecular weight excluding hydrogens is 381 g/mol. The van der Waals surface area contributed by atoms with E-state index in [1.165, 1.54) is 0 Å². The van der Waals surface area contributed by atoms with Crippen molar-refractivity contribution in [1.29, 1.82) is 0 Å². The summed E-state index contributed by atoms with van der Waals surface area (Å²) < 4.78 is 23.8. The van der Waals surface area contributed by atoms with Crippen LogP contribution in [-0.4, -0.2) is 30.0 Å². The van der Waals surface area contributed by atoms with Crippen LogP contribution in [0.25, 0.3) is 0 Å². The number of ether oxygens (including phenoxy) is 2. The van der Waals surface area contributed by atoms with E-state index in [4.69, 9.17) is 18.8 Å². The third-order valence-electron chi connectivity index (χ3n) is 5.13. The van der Waals surface area contributed by atoms with Crippen molar-refractivity contribution in [2.75, 3.05) is 5.32 Å². The summed E-state index contributed by atoms with van der Waals surface area (Å²) in [4.78, 5) is 12.0. The summed E-state index contributed by atoms with van der Waals surface area (Å²) in [5, 5.41) is 2.73. The molecule has 0 atom stereocenters. The molecule has 160 valence electrons. The van der Waals surface area contributed by atoms with Crippen LogP contribution < -0.4 is 15.5 Å². The van der Waals surface area contributed by atoms with E-state index in [-0.39, 0.29) is 0 Å². The van der Waals surface area contributed by atoms with E-state index in [1.54, 1.807) is 18.2 Å². The topological polar surface area (TPSA) is 66.0 Å². The van der Waals surface area contributed by atoms with Crippen LogP contribution in [-0.2, 0) is 14.0 Å². The van der Waals surface area contributed by atoms with E-state index >= 15 is 0 Å². The highest BCUT2D eigenvalue weighted by Crippen LogP contribution is 2.37. The molecule has 2 aromatic carbocycles. The van der Waals surface area contributed by atoms with Gasteiger partial charge in [0.2, 0.25) is 0 Å². The van der Waals surface area contributed by atoms with Gasteiger partial charge in [-0.05, 0) is 66.7 Å². The first kappa shape index (κ1) is 22.2. The number of para-hydroxylation sites is 1. The van der Waals surface area contributed by atoms with Gasteiger partial charge in [0, 0.05) is 17.2 Å². The predicted molar refractivity (Wildman–Crippen MR) is 119 cm³/mol. The second-order valence-corrected chi connectivity index (χ2v) is 9.38. The Bertz CT molecular complexity index is 904. The number of benzene rings is 2. The molecule has 0 bridgehead atoms. The number of hydrogen-bond donors (Lipinski definition) is 1. The Morgan fingerprint density at radius 2 is 1.60 bits per heavy atom. The van der Waals surface area contributed by atoms with Crippen molar-refractivity contribution in [3.05, 3.63) is 48.5 Å². The van der Waals surface area contributed by atoms with Gasteiger partial charge < -0.3 is 18.8 Å². The molecule has 0 radical (unpaired) electrons. The van der Waals surface area contributed by atoms with Crippen LogP contribution in [0.4, 0.5) is 10.5 Å². The lowest BCUT2D eigenvalue weighted by Gasteiger charge is -2.32. The molecule has 0 aliphatic carbocycles. The van der Waals surface area contributed by atoms with Crippen LogP contribution in [0.1, 0.15) is 48.5 Å². The zero-order valence-electron chi connectivity index (χ0n) is 18.7. The van der Waals surface area contributed by atoms with Gasteiger partial charge in [-0.3, -0.25) is 5.32 Å². The molecule has 0 aromatic heterocycles. The zero-order valence-corrected chi connectivity index (χ0v) is 18.7. The van der Waals surface area contributed by atoms with Gasteiger partial charge in [-0.2, -0.15) is 0 Å². The third kappa shape index (κ3) is 5.15. The number of carbonyl (C=O) groups is 1. The molecular formula is C23H30BNO5. The van der Waals surface area contributed by atoms with Gasteiger partial charge in [0.1, 0.15) is 17.1 Å². The zero-order chi connectivity index (χ0) is 22.2. The maximum absolute atomic E-state index is 12.0. The van der Waals surface area contributed by atoms with E-state index in [0.29, 0.717) is 17.2 Å². The molecule has 0 saturated carbocycles. The fourth-order valence-corrected chi connectivity index (χ4v) is 2.92. The first-order valence-electron chi connectivity index (χ1n) is 10.1. The van der Waals surface area contributed by atoms with Crippen LogP contribution in [0.2, 0.25) is 0 Å². The number of anilines is 1. The minimum Gasteiger partial charge on any atom is -0.458 e. The van der Waals surface area contributed by atoms with Gasteiger partial charge in [-0.15, -0.1) is 0 Å². The predicted octanol–water partition coefficient (Wildman–Crippen LogP) is 5.13. The van der Waals surface area contributed by atoms with Crippen molar-refractivity contribution >= 4 is 24.4 Å². The highest BCUT2D eigenvalue weighted by molar-refractivity contribution is 6.63. The smallest absolute Gasteiger partial charge is 0.458 e. The first-order valence-corrected chi connectivity index (χ1v) is 10.1. The van der Waals surface area contributed by atoms with Crippen molar-refractivity contribution in [2.45, 2.75) is 65.3 Å². The summed E-state index contributed by atoms with van der Waals surface area (Å²) >= 11 is 0. The first-order chi connectivity index (χ1) is 13.9. The van der Waals surface area contributed by atoms with E-state index < -0.39 is 30.0 Å². The van der Waals surface area contributed by atoms with Crippen molar-refractivity contribution in [2.24, 2.45) is 0 Å². The Hall–Kier alpha value is -2.51. The summed E-state index contributed by atoms with van der Waals surface area (Å²) in [7, 11) is -0.533. The van der Waals surface area contributed by atoms with Crippen molar-refractivity contribution < 1.29 is 23.6 Å². The fraction of sp³-hybridized carbons (Fsp3) is 0.435. The lowest BCUT2D eigenvalue weighted by molar-refractivity contribution is 0.00578. The van der Waals surface area contributed by atoms with Gasteiger partial charge in [0.05, 0.1) is 11.2 Å². The number of hydrogen-bond acceptors (Lipinski definition) is 5. The Balaban J connectivity index is 1.78. The lowest BCUT2D eigenvalue weighted by atomic mass is 9.78. The van der Waals surface area contributed by atoms with E-state index in [9.17, 15) is 4.79 Å². The molecule has 6 nitrogen and oxygen atoms in total. The third-order valence-corrected chi connectivity index (χ3v) is 5.13. The lowest BCUT2D eigenvalue weighted by Crippen LogP contribution is -2.41. The van der Waals surface area contributed by atoms with Crippen LogP contribution in [0.5, 0.6) is 11.5 Å². The Labute approximate surface area is 179 Å². The summed E-state index contributed by atoms with van der Waals surface area (Å²) in [5.74, 6) is 1.21. The molecule has 7 heteroatoms. The van der Waals surface area contributed by atoms with Crippen molar-refractivity contribution in [3.8, 4) is 11.5 Å². The molecule has 1 N–H and O–H groups in total. The van der Waals surface area contributed by atoms with E-state index in [2.05, 4.69) is 5.32 Å².